The maximum atomic E-state index is 13.9. The highest BCUT2D eigenvalue weighted by atomic mass is 31.2. The fourth-order valence-electron chi connectivity index (χ4n) is 0.749. The molecule has 16 heavy (non-hydrogen) atoms. The minimum Gasteiger partial charge on any atom is -0.312 e. The Morgan fingerprint density at radius 2 is 2.06 bits per heavy atom. The number of hydrogen-bond acceptors (Lipinski definition) is 4. The van der Waals surface area contributed by atoms with Gasteiger partial charge in [-0.15, -0.1) is 0 Å². The summed E-state index contributed by atoms with van der Waals surface area (Å²) in [7, 11) is -2.40. The molecule has 0 spiro atoms. The molecular formula is C9H17F2O4P. The van der Waals surface area contributed by atoms with E-state index in [0.29, 0.717) is 0 Å². The number of rotatable bonds is 8. The first kappa shape index (κ1) is 7.19. The zero-order chi connectivity index (χ0) is 18.9. The van der Waals surface area contributed by atoms with Gasteiger partial charge in [0.05, 0.1) is 0 Å². The molecule has 0 aliphatic carbocycles. The van der Waals surface area contributed by atoms with Crippen LogP contribution in [0.3, 0.4) is 0 Å². The highest BCUT2D eigenvalue weighted by Crippen LogP contribution is 2.47. The molecule has 0 bridgehead atoms. The summed E-state index contributed by atoms with van der Waals surface area (Å²) in [5, 5.41) is 0. The Morgan fingerprint density at radius 3 is 2.50 bits per heavy atom. The molecule has 0 rings (SSSR count). The molecule has 0 radical (unpaired) electrons. The van der Waals surface area contributed by atoms with Crippen molar-refractivity contribution in [1.82, 2.24) is 0 Å². The Balaban J connectivity index is 5.40. The van der Waals surface area contributed by atoms with Gasteiger partial charge in [-0.1, -0.05) is 13.2 Å². The first-order valence-electron chi connectivity index (χ1n) is 7.57. The van der Waals surface area contributed by atoms with Gasteiger partial charge in [0.1, 0.15) is 6.16 Å². The smallest absolute Gasteiger partial charge is 0.312 e. The third-order valence-electron chi connectivity index (χ3n) is 1.70. The third-order valence-corrected chi connectivity index (χ3v) is 3.49. The molecule has 0 fully saturated rings. The van der Waals surface area contributed by atoms with Gasteiger partial charge in [-0.25, -0.2) is 0 Å². The molecule has 0 aromatic carbocycles. The monoisotopic (exact) mass is 265 g/mol. The second-order valence-corrected chi connectivity index (χ2v) is 5.01. The number of hydrogen-bond donors (Lipinski definition) is 0. The first-order valence-corrected chi connectivity index (χ1v) is 5.80. The summed E-state index contributed by atoms with van der Waals surface area (Å²) in [6.07, 6.45) is -10.6. The van der Waals surface area contributed by atoms with Crippen LogP contribution < -0.4 is 0 Å². The van der Waals surface area contributed by atoms with Crippen LogP contribution in [0.15, 0.2) is 0 Å². The highest BCUT2D eigenvalue weighted by molar-refractivity contribution is 7.54. The Hall–Kier alpha value is -0.320. The molecular weight excluding hydrogens is 241 g/mol. The second-order valence-electron chi connectivity index (χ2n) is 2.74. The van der Waals surface area contributed by atoms with Crippen LogP contribution in [0.4, 0.5) is 8.78 Å². The molecule has 0 aliphatic rings. The zero-order valence-corrected chi connectivity index (χ0v) is 9.64. The Kier molecular flexibility index (Phi) is 2.89. The summed E-state index contributed by atoms with van der Waals surface area (Å²) in [6, 6.07) is 0. The predicted molar refractivity (Wildman–Crippen MR) is 56.0 cm³/mol. The van der Waals surface area contributed by atoms with Gasteiger partial charge >= 0.3 is 13.5 Å². The molecule has 0 heterocycles. The van der Waals surface area contributed by atoms with Gasteiger partial charge in [0.15, 0.2) is 0 Å². The van der Waals surface area contributed by atoms with Crippen molar-refractivity contribution >= 4 is 13.4 Å². The van der Waals surface area contributed by atoms with E-state index in [1.54, 1.807) is 0 Å². The van der Waals surface area contributed by atoms with Crippen molar-refractivity contribution < 1.29 is 36.8 Å². The van der Waals surface area contributed by atoms with Crippen LogP contribution in [0.25, 0.3) is 0 Å². The maximum absolute atomic E-state index is 13.9. The lowest BCUT2D eigenvalue weighted by atomic mass is 10.1. The van der Waals surface area contributed by atoms with Gasteiger partial charge in [-0.3, -0.25) is 9.36 Å². The Morgan fingerprint density at radius 1 is 1.50 bits per heavy atom. The standard InChI is InChI=1S/C9H17F2O4P/c1-4-5-6-9(10,11)8(12)7-16(13,14-2)15-3/h4-7H2,1-3H3/i1D3,4D2,5D2. The summed E-state index contributed by atoms with van der Waals surface area (Å²) in [6.45, 7) is -3.52. The average molecular weight is 265 g/mol. The second kappa shape index (κ2) is 6.42. The van der Waals surface area contributed by atoms with Crippen molar-refractivity contribution in [2.75, 3.05) is 20.4 Å². The molecule has 7 heteroatoms. The van der Waals surface area contributed by atoms with Crippen LogP contribution in [-0.4, -0.2) is 32.1 Å². The van der Waals surface area contributed by atoms with Crippen LogP contribution in [0.2, 0.25) is 0 Å². The third kappa shape index (κ3) is 4.68. The van der Waals surface area contributed by atoms with Gasteiger partial charge in [-0.05, 0) is 6.37 Å². The van der Waals surface area contributed by atoms with Crippen molar-refractivity contribution in [3.05, 3.63) is 0 Å². The summed E-state index contributed by atoms with van der Waals surface area (Å²) in [4.78, 5) is 11.5. The summed E-state index contributed by atoms with van der Waals surface area (Å²) >= 11 is 0. The molecule has 4 nitrogen and oxygen atoms in total. The Labute approximate surface area is 104 Å². The fourth-order valence-corrected chi connectivity index (χ4v) is 1.74. The average Bonchev–Trinajstić information content (AvgIpc) is 2.35. The van der Waals surface area contributed by atoms with E-state index in [-0.39, 0.29) is 0 Å². The summed E-state index contributed by atoms with van der Waals surface area (Å²) in [5.41, 5.74) is 0. The van der Waals surface area contributed by atoms with Gasteiger partial charge in [0, 0.05) is 30.2 Å². The zero-order valence-electron chi connectivity index (χ0n) is 15.8. The quantitative estimate of drug-likeness (QED) is 0.633. The molecule has 0 N–H and O–H groups in total. The lowest BCUT2D eigenvalue weighted by molar-refractivity contribution is -0.141. The van der Waals surface area contributed by atoms with E-state index in [1.165, 1.54) is 0 Å². The summed E-state index contributed by atoms with van der Waals surface area (Å²) in [5.74, 6) is -6.47. The lowest BCUT2D eigenvalue weighted by Gasteiger charge is -2.18. The van der Waals surface area contributed by atoms with Crippen LogP contribution in [0, 0.1) is 0 Å². The van der Waals surface area contributed by atoms with Gasteiger partial charge in [0.2, 0.25) is 5.78 Å². The van der Waals surface area contributed by atoms with Crippen molar-refractivity contribution in [2.45, 2.75) is 31.9 Å². The minimum absolute atomic E-state index is 0.863. The molecule has 0 unspecified atom stereocenters. The van der Waals surface area contributed by atoms with Crippen LogP contribution in [-0.2, 0) is 18.4 Å². The minimum atomic E-state index is -4.46. The van der Waals surface area contributed by atoms with Crippen molar-refractivity contribution in [1.29, 1.82) is 0 Å². The number of carbonyl (C=O) groups is 1. The van der Waals surface area contributed by atoms with Crippen LogP contribution in [0.5, 0.6) is 0 Å². The van der Waals surface area contributed by atoms with Crippen molar-refractivity contribution in [3.63, 3.8) is 0 Å². The highest BCUT2D eigenvalue weighted by Gasteiger charge is 2.42. The van der Waals surface area contributed by atoms with E-state index >= 15 is 0 Å². The van der Waals surface area contributed by atoms with E-state index < -0.39 is 51.5 Å². The normalized spacial score (nSPS) is 21.9. The molecule has 0 amide bonds. The van der Waals surface area contributed by atoms with Crippen molar-refractivity contribution in [2.24, 2.45) is 0 Å². The largest absolute Gasteiger partial charge is 0.337 e. The molecule has 0 saturated heterocycles. The topological polar surface area (TPSA) is 52.6 Å². The number of halogens is 2. The molecule has 0 atom stereocenters. The maximum Gasteiger partial charge on any atom is 0.337 e. The van der Waals surface area contributed by atoms with E-state index in [9.17, 15) is 18.1 Å². The number of Topliss-reactive ketones (excluding diaryl/α,β-unsaturated/α-hetero) is 1. The molecule has 0 saturated carbocycles. The first-order chi connectivity index (χ1) is 9.96. The van der Waals surface area contributed by atoms with Gasteiger partial charge in [-0.2, -0.15) is 8.78 Å². The van der Waals surface area contributed by atoms with Crippen LogP contribution in [0.1, 0.15) is 35.6 Å². The summed E-state index contributed by atoms with van der Waals surface area (Å²) < 4.78 is 97.9. The molecule has 96 valence electrons. The van der Waals surface area contributed by atoms with E-state index in [0.717, 1.165) is 14.2 Å². The number of alkyl halides is 2. The van der Waals surface area contributed by atoms with Crippen LogP contribution >= 0.6 is 7.60 Å². The molecule has 0 aromatic rings. The Bertz CT molecular complexity index is 487. The molecule has 0 aromatic heterocycles. The SMILES string of the molecule is [2H]C([2H])([2H])C([2H])([2H])C([2H])([2H])CC(F)(F)C(=O)CP(=O)(OC)OC. The predicted octanol–water partition coefficient (Wildman–Crippen LogP) is 2.87. The number of ketones is 1. The fraction of sp³-hybridized carbons (Fsp3) is 0.889. The van der Waals surface area contributed by atoms with Crippen molar-refractivity contribution in [3.8, 4) is 0 Å². The van der Waals surface area contributed by atoms with E-state index in [4.69, 9.17) is 9.60 Å². The molecule has 0 aliphatic heterocycles. The van der Waals surface area contributed by atoms with Gasteiger partial charge in [0.25, 0.3) is 0 Å². The van der Waals surface area contributed by atoms with E-state index in [1.807, 2.05) is 0 Å². The number of carbonyl (C=O) groups excluding carboxylic acids is 1. The van der Waals surface area contributed by atoms with Gasteiger partial charge < -0.3 is 9.05 Å². The van der Waals surface area contributed by atoms with E-state index in [2.05, 4.69) is 9.05 Å². The lowest BCUT2D eigenvalue weighted by Crippen LogP contribution is -2.31.